The average Bonchev–Trinajstić information content (AvgIpc) is 3.12. The van der Waals surface area contributed by atoms with Crippen molar-refractivity contribution < 1.29 is 0 Å². The Bertz CT molecular complexity index is 1190. The minimum Gasteiger partial charge on any atom is -0.372 e. The summed E-state index contributed by atoms with van der Waals surface area (Å²) in [4.78, 5) is 13.9. The molecular formula is C26H28N4S. The first kappa shape index (κ1) is 20.0. The molecule has 1 saturated heterocycles. The Balaban J connectivity index is 1.46. The monoisotopic (exact) mass is 428 g/mol. The second-order valence-electron chi connectivity index (χ2n) is 8.64. The molecule has 5 rings (SSSR count). The predicted octanol–water partition coefficient (Wildman–Crippen LogP) is 6.96. The van der Waals surface area contributed by atoms with E-state index in [9.17, 15) is 0 Å². The second kappa shape index (κ2) is 8.31. The van der Waals surface area contributed by atoms with Crippen LogP contribution >= 0.6 is 11.3 Å². The van der Waals surface area contributed by atoms with Gasteiger partial charge in [0.25, 0.3) is 0 Å². The maximum absolute atomic E-state index is 4.61. The van der Waals surface area contributed by atoms with E-state index in [0.717, 1.165) is 40.7 Å². The van der Waals surface area contributed by atoms with Gasteiger partial charge in [-0.2, -0.15) is 0 Å². The molecule has 1 aliphatic rings. The van der Waals surface area contributed by atoms with Gasteiger partial charge in [-0.3, -0.25) is 0 Å². The molecule has 0 aliphatic carbocycles. The molecule has 31 heavy (non-hydrogen) atoms. The van der Waals surface area contributed by atoms with Gasteiger partial charge in [-0.25, -0.2) is 9.97 Å². The van der Waals surface area contributed by atoms with Gasteiger partial charge in [-0.05, 0) is 62.4 Å². The molecule has 0 spiro atoms. The Hall–Kier alpha value is -2.92. The number of hydrogen-bond donors (Lipinski definition) is 1. The number of nitrogens with one attached hydrogen (secondary N) is 1. The van der Waals surface area contributed by atoms with Crippen LogP contribution in [0, 0.1) is 19.8 Å². The van der Waals surface area contributed by atoms with Gasteiger partial charge in [0.15, 0.2) is 0 Å². The quantitative estimate of drug-likeness (QED) is 0.382. The van der Waals surface area contributed by atoms with Crippen LogP contribution in [-0.4, -0.2) is 23.1 Å². The Labute approximate surface area is 188 Å². The molecule has 0 unspecified atom stereocenters. The number of thiophene rings is 1. The van der Waals surface area contributed by atoms with Gasteiger partial charge < -0.3 is 10.2 Å². The van der Waals surface area contributed by atoms with E-state index in [2.05, 4.69) is 89.5 Å². The summed E-state index contributed by atoms with van der Waals surface area (Å²) >= 11 is 1.73. The first-order chi connectivity index (χ1) is 15.1. The van der Waals surface area contributed by atoms with E-state index >= 15 is 0 Å². The standard InChI is InChI=1S/C26H28N4S/c1-17-4-6-20(7-5-17)23-19(3)31-26-24(23)25(27-16-28-26)29-21-8-10-22(11-9-21)30-14-12-18(2)13-15-30/h4-11,16,18H,12-15H2,1-3H3,(H,27,28,29). The first-order valence-electron chi connectivity index (χ1n) is 11.0. The molecule has 158 valence electrons. The zero-order chi connectivity index (χ0) is 21.4. The van der Waals surface area contributed by atoms with E-state index in [4.69, 9.17) is 0 Å². The SMILES string of the molecule is Cc1ccc(-c2c(C)sc3ncnc(Nc4ccc(N5CCC(C)CC5)cc4)c23)cc1. The molecule has 4 nitrogen and oxygen atoms in total. The largest absolute Gasteiger partial charge is 0.372 e. The highest BCUT2D eigenvalue weighted by Gasteiger charge is 2.18. The van der Waals surface area contributed by atoms with Crippen molar-refractivity contribution in [2.45, 2.75) is 33.6 Å². The summed E-state index contributed by atoms with van der Waals surface area (Å²) in [6, 6.07) is 17.5. The summed E-state index contributed by atoms with van der Waals surface area (Å²) in [5.41, 5.74) is 6.05. The molecule has 5 heteroatoms. The maximum atomic E-state index is 4.61. The fourth-order valence-corrected chi connectivity index (χ4v) is 5.38. The third-order valence-electron chi connectivity index (χ3n) is 6.28. The van der Waals surface area contributed by atoms with Crippen LogP contribution < -0.4 is 10.2 Å². The van der Waals surface area contributed by atoms with Crippen molar-refractivity contribution in [3.63, 3.8) is 0 Å². The zero-order valence-electron chi connectivity index (χ0n) is 18.4. The smallest absolute Gasteiger partial charge is 0.143 e. The van der Waals surface area contributed by atoms with Gasteiger partial charge in [0, 0.05) is 34.9 Å². The van der Waals surface area contributed by atoms with Crippen molar-refractivity contribution in [3.05, 3.63) is 65.3 Å². The van der Waals surface area contributed by atoms with Crippen LogP contribution in [0.3, 0.4) is 0 Å². The zero-order valence-corrected chi connectivity index (χ0v) is 19.2. The van der Waals surface area contributed by atoms with Crippen molar-refractivity contribution in [3.8, 4) is 11.1 Å². The van der Waals surface area contributed by atoms with Crippen LogP contribution in [0.15, 0.2) is 54.9 Å². The third-order valence-corrected chi connectivity index (χ3v) is 7.30. The van der Waals surface area contributed by atoms with Crippen LogP contribution in [0.25, 0.3) is 21.3 Å². The second-order valence-corrected chi connectivity index (χ2v) is 9.85. The average molecular weight is 429 g/mol. The fraction of sp³-hybridized carbons (Fsp3) is 0.308. The van der Waals surface area contributed by atoms with E-state index in [0.29, 0.717) is 0 Å². The summed E-state index contributed by atoms with van der Waals surface area (Å²) in [7, 11) is 0. The molecule has 0 radical (unpaired) electrons. The van der Waals surface area contributed by atoms with Gasteiger partial charge in [0.2, 0.25) is 0 Å². The molecule has 2 aromatic carbocycles. The lowest BCUT2D eigenvalue weighted by Gasteiger charge is -2.32. The predicted molar refractivity (Wildman–Crippen MR) is 133 cm³/mol. The Morgan fingerprint density at radius 3 is 2.35 bits per heavy atom. The highest BCUT2D eigenvalue weighted by atomic mass is 32.1. The van der Waals surface area contributed by atoms with Crippen molar-refractivity contribution in [1.29, 1.82) is 0 Å². The number of aryl methyl sites for hydroxylation is 2. The van der Waals surface area contributed by atoms with Crippen LogP contribution in [0.4, 0.5) is 17.2 Å². The fourth-order valence-electron chi connectivity index (χ4n) is 4.37. The molecule has 0 bridgehead atoms. The van der Waals surface area contributed by atoms with Gasteiger partial charge in [-0.15, -0.1) is 11.3 Å². The van der Waals surface area contributed by atoms with Gasteiger partial charge in [-0.1, -0.05) is 36.8 Å². The van der Waals surface area contributed by atoms with Crippen molar-refractivity contribution >= 4 is 38.7 Å². The molecule has 2 aromatic heterocycles. The van der Waals surface area contributed by atoms with Crippen LogP contribution in [0.2, 0.25) is 0 Å². The summed E-state index contributed by atoms with van der Waals surface area (Å²) in [6.07, 6.45) is 4.21. The number of rotatable bonds is 4. The van der Waals surface area contributed by atoms with Crippen LogP contribution in [0.1, 0.15) is 30.2 Å². The van der Waals surface area contributed by atoms with Crippen molar-refractivity contribution in [1.82, 2.24) is 9.97 Å². The third kappa shape index (κ3) is 4.02. The molecule has 1 fully saturated rings. The Kier molecular flexibility index (Phi) is 5.36. The van der Waals surface area contributed by atoms with Crippen molar-refractivity contribution in [2.24, 2.45) is 5.92 Å². The molecule has 4 aromatic rings. The molecule has 0 amide bonds. The lowest BCUT2D eigenvalue weighted by molar-refractivity contribution is 0.438. The first-order valence-corrected chi connectivity index (χ1v) is 11.8. The maximum Gasteiger partial charge on any atom is 0.143 e. The number of benzene rings is 2. The number of fused-ring (bicyclic) bond motifs is 1. The number of piperidine rings is 1. The molecule has 3 heterocycles. The van der Waals surface area contributed by atoms with Gasteiger partial charge >= 0.3 is 0 Å². The van der Waals surface area contributed by atoms with E-state index in [1.807, 2.05) is 0 Å². The minimum atomic E-state index is 0.842. The number of aromatic nitrogens is 2. The lowest BCUT2D eigenvalue weighted by atomic mass is 9.99. The summed E-state index contributed by atoms with van der Waals surface area (Å²) < 4.78 is 0. The Morgan fingerprint density at radius 2 is 1.65 bits per heavy atom. The number of anilines is 3. The summed E-state index contributed by atoms with van der Waals surface area (Å²) in [6.45, 7) is 8.93. The number of hydrogen-bond acceptors (Lipinski definition) is 5. The highest BCUT2D eigenvalue weighted by Crippen LogP contribution is 2.41. The van der Waals surface area contributed by atoms with Crippen molar-refractivity contribution in [2.75, 3.05) is 23.3 Å². The van der Waals surface area contributed by atoms with Crippen LogP contribution in [0.5, 0.6) is 0 Å². The molecule has 0 atom stereocenters. The topological polar surface area (TPSA) is 41.1 Å². The summed E-state index contributed by atoms with van der Waals surface area (Å²) in [5.74, 6) is 1.71. The van der Waals surface area contributed by atoms with E-state index in [1.165, 1.54) is 40.1 Å². The minimum absolute atomic E-state index is 0.842. The van der Waals surface area contributed by atoms with E-state index in [-0.39, 0.29) is 0 Å². The van der Waals surface area contributed by atoms with E-state index < -0.39 is 0 Å². The molecule has 0 saturated carbocycles. The van der Waals surface area contributed by atoms with Gasteiger partial charge in [0.05, 0.1) is 5.39 Å². The summed E-state index contributed by atoms with van der Waals surface area (Å²) in [5, 5.41) is 4.66. The highest BCUT2D eigenvalue weighted by molar-refractivity contribution is 7.19. The van der Waals surface area contributed by atoms with E-state index in [1.54, 1.807) is 17.7 Å². The normalized spacial score (nSPS) is 14.9. The lowest BCUT2D eigenvalue weighted by Crippen LogP contribution is -2.32. The number of nitrogens with zero attached hydrogens (tertiary/aromatic N) is 3. The Morgan fingerprint density at radius 1 is 0.935 bits per heavy atom. The van der Waals surface area contributed by atoms with Gasteiger partial charge in [0.1, 0.15) is 17.0 Å². The van der Waals surface area contributed by atoms with Crippen LogP contribution in [-0.2, 0) is 0 Å². The molecule has 1 N–H and O–H groups in total. The molecule has 1 aliphatic heterocycles. The molecular weight excluding hydrogens is 400 g/mol.